The SMILES string of the molecule is Cc1cccc(C)c1C(CN1CCCC1)N(CCCc1c(F)cccc1F)CC1CC1. The Hall–Kier alpha value is -1.78. The second-order valence-electron chi connectivity index (χ2n) is 9.57. The maximum Gasteiger partial charge on any atom is 0.129 e. The van der Waals surface area contributed by atoms with Gasteiger partial charge in [0.25, 0.3) is 0 Å². The lowest BCUT2D eigenvalue weighted by Crippen LogP contribution is -2.39. The molecule has 2 fully saturated rings. The van der Waals surface area contributed by atoms with Crippen molar-refractivity contribution in [3.05, 3.63) is 70.3 Å². The zero-order valence-electron chi connectivity index (χ0n) is 19.0. The Morgan fingerprint density at radius 3 is 2.19 bits per heavy atom. The molecule has 4 heteroatoms. The Morgan fingerprint density at radius 1 is 0.968 bits per heavy atom. The summed E-state index contributed by atoms with van der Waals surface area (Å²) < 4.78 is 28.3. The summed E-state index contributed by atoms with van der Waals surface area (Å²) in [6.07, 6.45) is 6.40. The monoisotopic (exact) mass is 426 g/mol. The van der Waals surface area contributed by atoms with Gasteiger partial charge in [-0.05, 0) is 107 Å². The number of hydrogen-bond donors (Lipinski definition) is 0. The van der Waals surface area contributed by atoms with Crippen LogP contribution in [-0.4, -0.2) is 42.5 Å². The van der Waals surface area contributed by atoms with Gasteiger partial charge in [0.15, 0.2) is 0 Å². The average molecular weight is 427 g/mol. The second-order valence-corrected chi connectivity index (χ2v) is 9.57. The minimum absolute atomic E-state index is 0.233. The van der Waals surface area contributed by atoms with Gasteiger partial charge in [-0.15, -0.1) is 0 Å². The smallest absolute Gasteiger partial charge is 0.129 e. The predicted octanol–water partition coefficient (Wildman–Crippen LogP) is 6.06. The lowest BCUT2D eigenvalue weighted by Gasteiger charge is -2.36. The van der Waals surface area contributed by atoms with E-state index in [1.54, 1.807) is 0 Å². The molecule has 2 aliphatic rings. The summed E-state index contributed by atoms with van der Waals surface area (Å²) in [5, 5.41) is 0. The van der Waals surface area contributed by atoms with Crippen LogP contribution in [0.1, 0.15) is 60.4 Å². The van der Waals surface area contributed by atoms with Crippen molar-refractivity contribution < 1.29 is 8.78 Å². The topological polar surface area (TPSA) is 6.48 Å². The molecule has 1 aliphatic carbocycles. The lowest BCUT2D eigenvalue weighted by molar-refractivity contribution is 0.142. The van der Waals surface area contributed by atoms with E-state index in [1.165, 1.54) is 73.7 Å². The minimum atomic E-state index is -0.419. The molecule has 0 bridgehead atoms. The van der Waals surface area contributed by atoms with Crippen LogP contribution in [0, 0.1) is 31.4 Å². The molecule has 4 rings (SSSR count). The van der Waals surface area contributed by atoms with Gasteiger partial charge >= 0.3 is 0 Å². The first kappa shape index (κ1) is 22.4. The highest BCUT2D eigenvalue weighted by Crippen LogP contribution is 2.35. The molecule has 1 saturated heterocycles. The van der Waals surface area contributed by atoms with Crippen molar-refractivity contribution >= 4 is 0 Å². The maximum absolute atomic E-state index is 14.1. The molecule has 0 spiro atoms. The van der Waals surface area contributed by atoms with Crippen LogP contribution in [0.15, 0.2) is 36.4 Å². The minimum Gasteiger partial charge on any atom is -0.301 e. The molecule has 0 aromatic heterocycles. The predicted molar refractivity (Wildman–Crippen MR) is 123 cm³/mol. The van der Waals surface area contributed by atoms with E-state index in [2.05, 4.69) is 41.8 Å². The first-order valence-electron chi connectivity index (χ1n) is 12.0. The first-order chi connectivity index (χ1) is 15.0. The van der Waals surface area contributed by atoms with Crippen LogP contribution in [0.5, 0.6) is 0 Å². The van der Waals surface area contributed by atoms with E-state index < -0.39 is 11.6 Å². The van der Waals surface area contributed by atoms with Crippen molar-refractivity contribution in [2.24, 2.45) is 5.92 Å². The van der Waals surface area contributed by atoms with Gasteiger partial charge < -0.3 is 4.90 Å². The standard InChI is InChI=1S/C27H36F2N2/c1-20-8-5-9-21(2)27(20)26(19-30-15-3-4-16-30)31(18-22-13-14-22)17-7-10-23-24(28)11-6-12-25(23)29/h5-6,8-9,11-12,22,26H,3-4,7,10,13-19H2,1-2H3. The number of halogens is 2. The largest absolute Gasteiger partial charge is 0.301 e. The molecule has 2 aromatic carbocycles. The molecule has 1 atom stereocenters. The number of nitrogens with zero attached hydrogens (tertiary/aromatic N) is 2. The summed E-state index contributed by atoms with van der Waals surface area (Å²) in [6.45, 7) is 9.82. The van der Waals surface area contributed by atoms with Crippen molar-refractivity contribution in [2.75, 3.05) is 32.7 Å². The molecule has 31 heavy (non-hydrogen) atoms. The van der Waals surface area contributed by atoms with Crippen molar-refractivity contribution in [1.82, 2.24) is 9.80 Å². The third-order valence-electron chi connectivity index (χ3n) is 7.07. The third-order valence-corrected chi connectivity index (χ3v) is 7.07. The fourth-order valence-electron chi connectivity index (χ4n) is 5.19. The molecule has 1 aliphatic heterocycles. The van der Waals surface area contributed by atoms with Gasteiger partial charge in [0.1, 0.15) is 11.6 Å². The van der Waals surface area contributed by atoms with Gasteiger partial charge in [-0.1, -0.05) is 24.3 Å². The van der Waals surface area contributed by atoms with Crippen LogP contribution in [0.25, 0.3) is 0 Å². The molecule has 168 valence electrons. The first-order valence-corrected chi connectivity index (χ1v) is 12.0. The van der Waals surface area contributed by atoms with Crippen LogP contribution in [0.4, 0.5) is 8.78 Å². The Labute approximate surface area is 186 Å². The molecule has 0 N–H and O–H groups in total. The van der Waals surface area contributed by atoms with Gasteiger partial charge in [-0.25, -0.2) is 8.78 Å². The van der Waals surface area contributed by atoms with Crippen LogP contribution in [0.3, 0.4) is 0 Å². The van der Waals surface area contributed by atoms with Gasteiger partial charge in [0, 0.05) is 24.7 Å². The van der Waals surface area contributed by atoms with Gasteiger partial charge in [-0.2, -0.15) is 0 Å². The Kier molecular flexibility index (Phi) is 7.39. The molecule has 0 amide bonds. The molecular formula is C27H36F2N2. The number of rotatable bonds is 10. The second kappa shape index (κ2) is 10.2. The van der Waals surface area contributed by atoms with E-state index in [4.69, 9.17) is 0 Å². The van der Waals surface area contributed by atoms with Crippen molar-refractivity contribution in [2.45, 2.75) is 58.4 Å². The number of benzene rings is 2. The van der Waals surface area contributed by atoms with E-state index >= 15 is 0 Å². The highest BCUT2D eigenvalue weighted by Gasteiger charge is 2.31. The number of aryl methyl sites for hydroxylation is 2. The summed E-state index contributed by atoms with van der Waals surface area (Å²) in [5.74, 6) is -0.0650. The summed E-state index contributed by atoms with van der Waals surface area (Å²) in [4.78, 5) is 5.23. The molecular weight excluding hydrogens is 390 g/mol. The fourth-order valence-corrected chi connectivity index (χ4v) is 5.19. The highest BCUT2D eigenvalue weighted by atomic mass is 19.1. The summed E-state index contributed by atoms with van der Waals surface area (Å²) in [6, 6.07) is 11.1. The normalized spacial score (nSPS) is 18.1. The maximum atomic E-state index is 14.1. The van der Waals surface area contributed by atoms with Crippen LogP contribution >= 0.6 is 0 Å². The molecule has 1 heterocycles. The van der Waals surface area contributed by atoms with Gasteiger partial charge in [0.05, 0.1) is 0 Å². The third kappa shape index (κ3) is 5.72. The fraction of sp³-hybridized carbons (Fsp3) is 0.556. The van der Waals surface area contributed by atoms with Crippen LogP contribution in [0.2, 0.25) is 0 Å². The molecule has 1 saturated carbocycles. The van der Waals surface area contributed by atoms with E-state index in [0.717, 1.165) is 32.0 Å². The molecule has 2 aromatic rings. The van der Waals surface area contributed by atoms with E-state index in [9.17, 15) is 8.78 Å². The Bertz CT molecular complexity index is 831. The van der Waals surface area contributed by atoms with Crippen LogP contribution < -0.4 is 0 Å². The summed E-state index contributed by atoms with van der Waals surface area (Å²) in [5.41, 5.74) is 4.39. The van der Waals surface area contributed by atoms with Gasteiger partial charge in [0.2, 0.25) is 0 Å². The van der Waals surface area contributed by atoms with Crippen molar-refractivity contribution in [1.29, 1.82) is 0 Å². The molecule has 0 radical (unpaired) electrons. The number of likely N-dealkylation sites (tertiary alicyclic amines) is 1. The van der Waals surface area contributed by atoms with E-state index in [0.29, 0.717) is 12.5 Å². The highest BCUT2D eigenvalue weighted by molar-refractivity contribution is 5.36. The summed E-state index contributed by atoms with van der Waals surface area (Å²) in [7, 11) is 0. The van der Waals surface area contributed by atoms with Crippen LogP contribution in [-0.2, 0) is 6.42 Å². The summed E-state index contributed by atoms with van der Waals surface area (Å²) >= 11 is 0. The molecule has 1 unspecified atom stereocenters. The van der Waals surface area contributed by atoms with E-state index in [-0.39, 0.29) is 5.56 Å². The Morgan fingerprint density at radius 2 is 1.58 bits per heavy atom. The van der Waals surface area contributed by atoms with Crippen molar-refractivity contribution in [3.63, 3.8) is 0 Å². The quantitative estimate of drug-likeness (QED) is 0.455. The number of hydrogen-bond acceptors (Lipinski definition) is 2. The zero-order chi connectivity index (χ0) is 21.8. The molecule has 2 nitrogen and oxygen atoms in total. The van der Waals surface area contributed by atoms with Gasteiger partial charge in [-0.3, -0.25) is 4.90 Å². The Balaban J connectivity index is 1.55. The van der Waals surface area contributed by atoms with E-state index in [1.807, 2.05) is 0 Å². The van der Waals surface area contributed by atoms with Crippen molar-refractivity contribution in [3.8, 4) is 0 Å². The zero-order valence-corrected chi connectivity index (χ0v) is 19.0. The lowest BCUT2D eigenvalue weighted by atomic mass is 9.94. The average Bonchev–Trinajstić information content (AvgIpc) is 3.40.